The Labute approximate surface area is 150 Å². The lowest BCUT2D eigenvalue weighted by Crippen LogP contribution is -2.65. The number of thioether (sulfide) groups is 1. The fourth-order valence-electron chi connectivity index (χ4n) is 2.49. The van der Waals surface area contributed by atoms with Crippen LogP contribution in [0.5, 0.6) is 0 Å². The summed E-state index contributed by atoms with van der Waals surface area (Å²) in [5, 5.41) is 2.67. The van der Waals surface area contributed by atoms with Crippen molar-refractivity contribution in [2.75, 3.05) is 12.9 Å². The molecular formula is C15H23NO8S. The fourth-order valence-corrected chi connectivity index (χ4v) is 3.26. The first kappa shape index (κ1) is 21.2. The summed E-state index contributed by atoms with van der Waals surface area (Å²) in [5.74, 6) is -2.11. The lowest BCUT2D eigenvalue weighted by molar-refractivity contribution is -0.211. The molecule has 0 radical (unpaired) electrons. The van der Waals surface area contributed by atoms with Crippen LogP contribution in [0.4, 0.5) is 0 Å². The molecule has 1 saturated heterocycles. The molecule has 0 aliphatic carbocycles. The van der Waals surface area contributed by atoms with Gasteiger partial charge in [0.15, 0.2) is 12.2 Å². The van der Waals surface area contributed by atoms with E-state index in [0.29, 0.717) is 0 Å². The Morgan fingerprint density at radius 1 is 0.960 bits per heavy atom. The van der Waals surface area contributed by atoms with Crippen molar-refractivity contribution < 1.29 is 38.1 Å². The second-order valence-electron chi connectivity index (χ2n) is 5.46. The van der Waals surface area contributed by atoms with Crippen molar-refractivity contribution in [1.29, 1.82) is 0 Å². The van der Waals surface area contributed by atoms with Crippen molar-refractivity contribution in [2.24, 2.45) is 0 Å². The number of carbonyl (C=O) groups is 4. The van der Waals surface area contributed by atoms with Crippen LogP contribution in [0.15, 0.2) is 0 Å². The van der Waals surface area contributed by atoms with Gasteiger partial charge in [-0.2, -0.15) is 0 Å². The highest BCUT2D eigenvalue weighted by atomic mass is 32.2. The molecule has 1 N–H and O–H groups in total. The van der Waals surface area contributed by atoms with Crippen LogP contribution < -0.4 is 5.32 Å². The van der Waals surface area contributed by atoms with Gasteiger partial charge < -0.3 is 24.3 Å². The lowest BCUT2D eigenvalue weighted by atomic mass is 9.97. The summed E-state index contributed by atoms with van der Waals surface area (Å²) < 4.78 is 21.4. The van der Waals surface area contributed by atoms with E-state index in [1.54, 1.807) is 6.26 Å². The Balaban J connectivity index is 3.18. The number of hydrogen-bond acceptors (Lipinski definition) is 9. The normalized spacial score (nSPS) is 28.6. The number of amides is 1. The summed E-state index contributed by atoms with van der Waals surface area (Å²) >= 11 is 1.28. The van der Waals surface area contributed by atoms with E-state index < -0.39 is 47.7 Å². The van der Waals surface area contributed by atoms with Gasteiger partial charge in [-0.05, 0) is 6.26 Å². The van der Waals surface area contributed by atoms with Crippen LogP contribution in [0.1, 0.15) is 27.7 Å². The Morgan fingerprint density at radius 3 is 1.96 bits per heavy atom. The number of rotatable bonds is 6. The minimum absolute atomic E-state index is 0.186. The summed E-state index contributed by atoms with van der Waals surface area (Å²) in [6, 6.07) is -0.741. The van der Waals surface area contributed by atoms with Gasteiger partial charge in [-0.3, -0.25) is 19.2 Å². The number of esters is 3. The second kappa shape index (κ2) is 9.62. The zero-order valence-electron chi connectivity index (χ0n) is 14.8. The standard InChI is InChI=1S/C15H23NO8S/c1-7(17)16-12-14(23-10(4)20)13(22-9(3)19)11(6-21-8(2)18)24-15(12)25-5/h11-15H,6H2,1-5H3,(H,16,17)/t11?,12?,13-,14-,15+/m1/s1. The number of hydrogen-bond donors (Lipinski definition) is 1. The van der Waals surface area contributed by atoms with Gasteiger partial charge in [0.05, 0.1) is 0 Å². The smallest absolute Gasteiger partial charge is 0.303 e. The summed E-state index contributed by atoms with van der Waals surface area (Å²) in [5.41, 5.74) is -0.597. The van der Waals surface area contributed by atoms with E-state index in [-0.39, 0.29) is 12.5 Å². The van der Waals surface area contributed by atoms with Crippen molar-refractivity contribution in [3.63, 3.8) is 0 Å². The molecule has 1 rings (SSSR count). The summed E-state index contributed by atoms with van der Waals surface area (Å²) in [7, 11) is 0. The van der Waals surface area contributed by atoms with Crippen LogP contribution in [-0.4, -0.2) is 66.5 Å². The average molecular weight is 377 g/mol. The SMILES string of the molecule is CS[C@@H]1OC(COC(C)=O)[C@@H](OC(C)=O)[C@H](OC(C)=O)C1NC(C)=O. The van der Waals surface area contributed by atoms with Crippen LogP contribution in [0.2, 0.25) is 0 Å². The van der Waals surface area contributed by atoms with E-state index >= 15 is 0 Å². The maximum atomic E-state index is 11.5. The van der Waals surface area contributed by atoms with Gasteiger partial charge in [0.2, 0.25) is 5.91 Å². The monoisotopic (exact) mass is 377 g/mol. The van der Waals surface area contributed by atoms with Crippen molar-refractivity contribution in [3.8, 4) is 0 Å². The minimum Gasteiger partial charge on any atom is -0.463 e. The third-order valence-electron chi connectivity index (χ3n) is 3.30. The summed E-state index contributed by atoms with van der Waals surface area (Å²) in [6.45, 7) is 4.77. The van der Waals surface area contributed by atoms with Crippen LogP contribution >= 0.6 is 11.8 Å². The minimum atomic E-state index is -1.04. The largest absolute Gasteiger partial charge is 0.463 e. The molecule has 1 aliphatic heterocycles. The number of carbonyl (C=O) groups excluding carboxylic acids is 4. The fraction of sp³-hybridized carbons (Fsp3) is 0.733. The molecule has 1 heterocycles. The Kier molecular flexibility index (Phi) is 8.17. The highest BCUT2D eigenvalue weighted by molar-refractivity contribution is 7.99. The summed E-state index contributed by atoms with van der Waals surface area (Å²) in [4.78, 5) is 45.7. The highest BCUT2D eigenvalue weighted by Gasteiger charge is 2.50. The molecule has 0 aromatic heterocycles. The zero-order valence-corrected chi connectivity index (χ0v) is 15.6. The van der Waals surface area contributed by atoms with Crippen LogP contribution in [0.3, 0.4) is 0 Å². The topological polar surface area (TPSA) is 117 Å². The van der Waals surface area contributed by atoms with Crippen molar-refractivity contribution in [3.05, 3.63) is 0 Å². The van der Waals surface area contributed by atoms with Gasteiger partial charge >= 0.3 is 17.9 Å². The van der Waals surface area contributed by atoms with Gasteiger partial charge in [0.25, 0.3) is 0 Å². The van der Waals surface area contributed by atoms with E-state index in [1.165, 1.54) is 39.5 Å². The van der Waals surface area contributed by atoms with Gasteiger partial charge in [-0.1, -0.05) is 0 Å². The molecule has 0 saturated carbocycles. The molecule has 25 heavy (non-hydrogen) atoms. The maximum absolute atomic E-state index is 11.5. The molecule has 0 aromatic carbocycles. The van der Waals surface area contributed by atoms with Gasteiger partial charge in [-0.25, -0.2) is 0 Å². The predicted octanol–water partition coefficient (Wildman–Crippen LogP) is 0.00550. The van der Waals surface area contributed by atoms with E-state index in [9.17, 15) is 19.2 Å². The molecule has 10 heteroatoms. The molecule has 2 unspecified atom stereocenters. The quantitative estimate of drug-likeness (QED) is 0.504. The van der Waals surface area contributed by atoms with Gasteiger partial charge in [0, 0.05) is 27.7 Å². The van der Waals surface area contributed by atoms with E-state index in [4.69, 9.17) is 18.9 Å². The Morgan fingerprint density at radius 2 is 1.52 bits per heavy atom. The number of nitrogens with one attached hydrogen (secondary N) is 1. The van der Waals surface area contributed by atoms with Gasteiger partial charge in [-0.15, -0.1) is 11.8 Å². The summed E-state index contributed by atoms with van der Waals surface area (Å²) in [6.07, 6.45) is -1.13. The first-order valence-corrected chi connectivity index (χ1v) is 8.87. The van der Waals surface area contributed by atoms with E-state index in [0.717, 1.165) is 0 Å². The molecule has 9 nitrogen and oxygen atoms in total. The predicted molar refractivity (Wildman–Crippen MR) is 87.5 cm³/mol. The van der Waals surface area contributed by atoms with Crippen LogP contribution in [0, 0.1) is 0 Å². The first-order valence-electron chi connectivity index (χ1n) is 7.58. The van der Waals surface area contributed by atoms with Crippen LogP contribution in [-0.2, 0) is 38.1 Å². The third kappa shape index (κ3) is 6.54. The molecule has 5 atom stereocenters. The highest BCUT2D eigenvalue weighted by Crippen LogP contribution is 2.31. The third-order valence-corrected chi connectivity index (χ3v) is 4.17. The van der Waals surface area contributed by atoms with Crippen molar-refractivity contribution >= 4 is 35.6 Å². The van der Waals surface area contributed by atoms with E-state index in [2.05, 4.69) is 5.32 Å². The zero-order chi connectivity index (χ0) is 19.1. The molecular weight excluding hydrogens is 354 g/mol. The average Bonchev–Trinajstić information content (AvgIpc) is 2.48. The van der Waals surface area contributed by atoms with Crippen molar-refractivity contribution in [2.45, 2.75) is 57.5 Å². The molecule has 1 aliphatic rings. The molecule has 142 valence electrons. The molecule has 0 aromatic rings. The maximum Gasteiger partial charge on any atom is 0.303 e. The Bertz CT molecular complexity index is 526. The van der Waals surface area contributed by atoms with Gasteiger partial charge in [0.1, 0.15) is 24.2 Å². The molecule has 0 spiro atoms. The Hall–Kier alpha value is -1.81. The lowest BCUT2D eigenvalue weighted by Gasteiger charge is -2.44. The second-order valence-corrected chi connectivity index (χ2v) is 6.39. The van der Waals surface area contributed by atoms with E-state index in [1.807, 2.05) is 0 Å². The van der Waals surface area contributed by atoms with Crippen LogP contribution in [0.25, 0.3) is 0 Å². The molecule has 1 amide bonds. The first-order chi connectivity index (χ1) is 11.6. The number of ether oxygens (including phenoxy) is 4. The van der Waals surface area contributed by atoms with Crippen molar-refractivity contribution in [1.82, 2.24) is 5.32 Å². The molecule has 0 bridgehead atoms. The molecule has 1 fully saturated rings.